The van der Waals surface area contributed by atoms with Gasteiger partial charge in [-0.1, -0.05) is 18.2 Å². The molecule has 2 aromatic carbocycles. The number of hydrogen-bond acceptors (Lipinski definition) is 6. The number of halogens is 2. The topological polar surface area (TPSA) is 94.6 Å². The van der Waals surface area contributed by atoms with Gasteiger partial charge in [0.05, 0.1) is 29.2 Å². The molecular weight excluding hydrogens is 572 g/mol. The molecule has 3 aliphatic rings. The van der Waals surface area contributed by atoms with Crippen molar-refractivity contribution in [3.8, 4) is 10.4 Å². The van der Waals surface area contributed by atoms with E-state index in [9.17, 15) is 23.2 Å². The van der Waals surface area contributed by atoms with Crippen molar-refractivity contribution >= 4 is 46.3 Å². The number of alkyl halides is 2. The molecule has 1 aliphatic carbocycles. The number of nitrogens with zero attached hydrogens (tertiary/aromatic N) is 3. The van der Waals surface area contributed by atoms with Gasteiger partial charge in [0.25, 0.3) is 23.6 Å². The lowest BCUT2D eigenvalue weighted by Crippen LogP contribution is -2.57. The minimum Gasteiger partial charge on any atom is -0.349 e. The number of para-hydroxylation sites is 1. The molecule has 3 amide bonds. The second-order valence-corrected chi connectivity index (χ2v) is 12.1. The van der Waals surface area contributed by atoms with Crippen LogP contribution in [0.5, 0.6) is 0 Å². The van der Waals surface area contributed by atoms with Crippen LogP contribution in [0.15, 0.2) is 72.9 Å². The van der Waals surface area contributed by atoms with E-state index >= 15 is 0 Å². The zero-order valence-electron chi connectivity index (χ0n) is 23.0. The number of thiophene rings is 1. The summed E-state index contributed by atoms with van der Waals surface area (Å²) >= 11 is 1.46. The number of anilines is 3. The summed E-state index contributed by atoms with van der Waals surface area (Å²) < 4.78 is 26.8. The Balaban J connectivity index is 1.08. The van der Waals surface area contributed by atoms with Crippen molar-refractivity contribution in [3.05, 3.63) is 94.5 Å². The molecule has 8 nitrogen and oxygen atoms in total. The molecule has 11 heteroatoms. The highest BCUT2D eigenvalue weighted by atomic mass is 32.1. The molecule has 4 aromatic rings. The summed E-state index contributed by atoms with van der Waals surface area (Å²) in [6, 6.07) is 19.7. The number of nitrogens with one attached hydrogen (secondary N) is 2. The first-order valence-corrected chi connectivity index (χ1v) is 14.9. The first-order chi connectivity index (χ1) is 20.8. The summed E-state index contributed by atoms with van der Waals surface area (Å²) in [7, 11) is 0. The molecule has 2 N–H and O–H groups in total. The van der Waals surface area contributed by atoms with Gasteiger partial charge < -0.3 is 20.4 Å². The lowest BCUT2D eigenvalue weighted by atomic mass is 10.1. The van der Waals surface area contributed by atoms with E-state index in [1.54, 1.807) is 41.3 Å². The maximum atomic E-state index is 13.8. The van der Waals surface area contributed by atoms with Crippen molar-refractivity contribution in [2.75, 3.05) is 34.8 Å². The Labute approximate surface area is 250 Å². The van der Waals surface area contributed by atoms with E-state index in [0.29, 0.717) is 29.1 Å². The molecule has 0 radical (unpaired) electrons. The van der Waals surface area contributed by atoms with E-state index in [0.717, 1.165) is 34.5 Å². The maximum absolute atomic E-state index is 13.8. The van der Waals surface area contributed by atoms with Crippen molar-refractivity contribution in [1.82, 2.24) is 10.3 Å². The van der Waals surface area contributed by atoms with Gasteiger partial charge >= 0.3 is 0 Å². The number of carbonyl (C=O) groups is 3. The minimum absolute atomic E-state index is 0.0417. The average Bonchev–Trinajstić information content (AvgIpc) is 3.74. The van der Waals surface area contributed by atoms with Crippen LogP contribution in [0.4, 0.5) is 26.0 Å². The van der Waals surface area contributed by atoms with Crippen molar-refractivity contribution in [2.24, 2.45) is 0 Å². The average molecular weight is 600 g/mol. The summed E-state index contributed by atoms with van der Waals surface area (Å²) in [5, 5.41) is 5.84. The van der Waals surface area contributed by atoms with Crippen LogP contribution in [-0.4, -0.2) is 54.3 Å². The van der Waals surface area contributed by atoms with Gasteiger partial charge in [0.1, 0.15) is 5.82 Å². The third-order valence-corrected chi connectivity index (χ3v) is 9.01. The summed E-state index contributed by atoms with van der Waals surface area (Å²) in [5.41, 5.74) is 3.84. The lowest BCUT2D eigenvalue weighted by Gasteiger charge is -2.40. The van der Waals surface area contributed by atoms with Crippen molar-refractivity contribution in [2.45, 2.75) is 31.2 Å². The molecule has 2 aromatic heterocycles. The van der Waals surface area contributed by atoms with E-state index in [1.165, 1.54) is 22.4 Å². The van der Waals surface area contributed by atoms with Crippen LogP contribution in [0, 0.1) is 0 Å². The van der Waals surface area contributed by atoms with Gasteiger partial charge in [-0.3, -0.25) is 14.4 Å². The zero-order chi connectivity index (χ0) is 29.7. The van der Waals surface area contributed by atoms with E-state index in [-0.39, 0.29) is 29.2 Å². The summed E-state index contributed by atoms with van der Waals surface area (Å²) in [5.74, 6) is -3.28. The maximum Gasteiger partial charge on any atom is 0.282 e. The molecule has 1 saturated carbocycles. The largest absolute Gasteiger partial charge is 0.349 e. The highest BCUT2D eigenvalue weighted by Gasteiger charge is 2.45. The van der Waals surface area contributed by atoms with Gasteiger partial charge in [0.15, 0.2) is 0 Å². The van der Waals surface area contributed by atoms with Gasteiger partial charge in [-0.25, -0.2) is 13.8 Å². The third-order valence-electron chi connectivity index (χ3n) is 7.80. The molecule has 4 heterocycles. The molecule has 43 heavy (non-hydrogen) atoms. The number of fused-ring (bicyclic) bond motifs is 3. The molecule has 0 spiro atoms. The fraction of sp³-hybridized carbons (Fsp3) is 0.250. The standard InChI is InChI=1S/C32H27F2N5O3S/c33-32(34)17-38(18-32)28-24(5-3-14-35-28)29(40)36-21-9-7-19(8-10-21)31(42)39-15-13-20-16-26(30(41)37-22-11-12-22)43-27(20)23-4-1-2-6-25(23)39/h1-10,14,16,22H,11-13,15,17-18H2,(H,36,40)(H,37,41). The number of rotatable bonds is 6. The molecule has 2 fully saturated rings. The van der Waals surface area contributed by atoms with E-state index < -0.39 is 24.9 Å². The first kappa shape index (κ1) is 27.2. The van der Waals surface area contributed by atoms with E-state index in [1.807, 2.05) is 30.3 Å². The normalized spacial score (nSPS) is 16.8. The van der Waals surface area contributed by atoms with E-state index in [2.05, 4.69) is 15.6 Å². The SMILES string of the molecule is O=C(NC1CC1)c1cc2c(s1)-c1ccccc1N(C(=O)c1ccc(NC(=O)c3cccnc3N3CC(F)(F)C3)cc1)CC2. The van der Waals surface area contributed by atoms with Crippen LogP contribution in [0.2, 0.25) is 0 Å². The molecule has 0 atom stereocenters. The van der Waals surface area contributed by atoms with Gasteiger partial charge in [0, 0.05) is 40.5 Å². The van der Waals surface area contributed by atoms with Crippen LogP contribution in [-0.2, 0) is 6.42 Å². The van der Waals surface area contributed by atoms with Crippen LogP contribution in [0.3, 0.4) is 0 Å². The molecular formula is C32H27F2N5O3S. The molecule has 0 bridgehead atoms. The first-order valence-electron chi connectivity index (χ1n) is 14.1. The van der Waals surface area contributed by atoms with Crippen LogP contribution < -0.4 is 20.4 Å². The quantitative estimate of drug-likeness (QED) is 0.300. The van der Waals surface area contributed by atoms with Gasteiger partial charge in [-0.2, -0.15) is 0 Å². The van der Waals surface area contributed by atoms with E-state index in [4.69, 9.17) is 0 Å². The number of amides is 3. The Bertz CT molecular complexity index is 1740. The van der Waals surface area contributed by atoms with Gasteiger partial charge in [0.2, 0.25) is 0 Å². The Hall–Kier alpha value is -4.64. The van der Waals surface area contributed by atoms with Crippen LogP contribution in [0.25, 0.3) is 10.4 Å². The number of carbonyl (C=O) groups excluding carboxylic acids is 3. The second-order valence-electron chi connectivity index (χ2n) is 11.1. The molecule has 2 aliphatic heterocycles. The Morgan fingerprint density at radius 2 is 1.72 bits per heavy atom. The fourth-order valence-electron chi connectivity index (χ4n) is 5.44. The van der Waals surface area contributed by atoms with Crippen molar-refractivity contribution in [3.63, 3.8) is 0 Å². The highest BCUT2D eigenvalue weighted by molar-refractivity contribution is 7.17. The number of benzene rings is 2. The van der Waals surface area contributed by atoms with Crippen molar-refractivity contribution in [1.29, 1.82) is 0 Å². The molecule has 7 rings (SSSR count). The summed E-state index contributed by atoms with van der Waals surface area (Å²) in [6.07, 6.45) is 4.12. The fourth-order valence-corrected chi connectivity index (χ4v) is 6.59. The van der Waals surface area contributed by atoms with Crippen LogP contribution in [0.1, 0.15) is 48.8 Å². The summed E-state index contributed by atoms with van der Waals surface area (Å²) in [4.78, 5) is 48.4. The number of aromatic nitrogens is 1. The Morgan fingerprint density at radius 3 is 2.47 bits per heavy atom. The predicted molar refractivity (Wildman–Crippen MR) is 161 cm³/mol. The van der Waals surface area contributed by atoms with Crippen molar-refractivity contribution < 1.29 is 23.2 Å². The van der Waals surface area contributed by atoms with Gasteiger partial charge in [-0.15, -0.1) is 11.3 Å². The monoisotopic (exact) mass is 599 g/mol. The predicted octanol–water partition coefficient (Wildman–Crippen LogP) is 5.61. The smallest absolute Gasteiger partial charge is 0.282 e. The summed E-state index contributed by atoms with van der Waals surface area (Å²) in [6.45, 7) is -0.517. The van der Waals surface area contributed by atoms with Gasteiger partial charge in [-0.05, 0) is 73.4 Å². The minimum atomic E-state index is -2.79. The number of pyridine rings is 1. The zero-order valence-corrected chi connectivity index (χ0v) is 23.8. The van der Waals surface area contributed by atoms with Crippen LogP contribution >= 0.6 is 11.3 Å². The lowest BCUT2D eigenvalue weighted by molar-refractivity contribution is -0.0267. The molecule has 1 saturated heterocycles. The second kappa shape index (κ2) is 10.6. The molecule has 218 valence electrons. The number of hydrogen-bond donors (Lipinski definition) is 2. The Kier molecular flexibility index (Phi) is 6.69. The molecule has 0 unspecified atom stereocenters. The highest BCUT2D eigenvalue weighted by Crippen LogP contribution is 2.42. The Morgan fingerprint density at radius 1 is 0.953 bits per heavy atom. The third kappa shape index (κ3) is 5.36.